The SMILES string of the molecule is C/C(N)=N/N(N)Cc1cc(C(F)(F)F)ccc1/C=C/C(=O)N1CCNCC1. The molecule has 1 aromatic carbocycles. The zero-order valence-corrected chi connectivity index (χ0v) is 15.0. The summed E-state index contributed by atoms with van der Waals surface area (Å²) in [6.45, 7) is 4.01. The van der Waals surface area contributed by atoms with E-state index in [-0.39, 0.29) is 23.9 Å². The summed E-state index contributed by atoms with van der Waals surface area (Å²) in [4.78, 5) is 13.9. The van der Waals surface area contributed by atoms with Crippen molar-refractivity contribution in [3.63, 3.8) is 0 Å². The monoisotopic (exact) mass is 384 g/mol. The van der Waals surface area contributed by atoms with E-state index in [4.69, 9.17) is 11.6 Å². The van der Waals surface area contributed by atoms with Gasteiger partial charge < -0.3 is 16.0 Å². The molecule has 10 heteroatoms. The number of hydrogen-bond donors (Lipinski definition) is 3. The van der Waals surface area contributed by atoms with Crippen LogP contribution >= 0.6 is 0 Å². The molecule has 5 N–H and O–H groups in total. The summed E-state index contributed by atoms with van der Waals surface area (Å²) < 4.78 is 39.1. The molecule has 1 aromatic rings. The third-order valence-corrected chi connectivity index (χ3v) is 3.92. The summed E-state index contributed by atoms with van der Waals surface area (Å²) in [6, 6.07) is 3.28. The van der Waals surface area contributed by atoms with Crippen molar-refractivity contribution in [1.82, 2.24) is 15.3 Å². The molecule has 1 heterocycles. The van der Waals surface area contributed by atoms with E-state index < -0.39 is 11.7 Å². The molecule has 0 spiro atoms. The first-order chi connectivity index (χ1) is 12.7. The quantitative estimate of drug-likeness (QED) is 0.232. The topological polar surface area (TPSA) is 100.0 Å². The lowest BCUT2D eigenvalue weighted by atomic mass is 10.0. The Morgan fingerprint density at radius 1 is 1.37 bits per heavy atom. The molecule has 1 aliphatic heterocycles. The number of hydrazine groups is 1. The van der Waals surface area contributed by atoms with Gasteiger partial charge in [0, 0.05) is 32.3 Å². The molecule has 0 bridgehead atoms. The van der Waals surface area contributed by atoms with Gasteiger partial charge in [-0.3, -0.25) is 4.79 Å². The molecule has 0 radical (unpaired) electrons. The average molecular weight is 384 g/mol. The zero-order chi connectivity index (χ0) is 20.0. The molecule has 148 valence electrons. The lowest BCUT2D eigenvalue weighted by Gasteiger charge is -2.26. The molecule has 7 nitrogen and oxygen atoms in total. The second-order valence-electron chi connectivity index (χ2n) is 6.16. The van der Waals surface area contributed by atoms with Crippen LogP contribution in [-0.2, 0) is 17.5 Å². The van der Waals surface area contributed by atoms with E-state index in [1.165, 1.54) is 25.1 Å². The Bertz CT molecular complexity index is 722. The van der Waals surface area contributed by atoms with Crippen LogP contribution in [0.5, 0.6) is 0 Å². The largest absolute Gasteiger partial charge is 0.416 e. The van der Waals surface area contributed by atoms with Crippen LogP contribution in [0.3, 0.4) is 0 Å². The first-order valence-corrected chi connectivity index (χ1v) is 8.37. The van der Waals surface area contributed by atoms with E-state index in [1.54, 1.807) is 4.90 Å². The van der Waals surface area contributed by atoms with Crippen molar-refractivity contribution < 1.29 is 18.0 Å². The van der Waals surface area contributed by atoms with Gasteiger partial charge in [-0.15, -0.1) is 5.10 Å². The summed E-state index contributed by atoms with van der Waals surface area (Å²) >= 11 is 0. The maximum absolute atomic E-state index is 13.0. The van der Waals surface area contributed by atoms with Crippen molar-refractivity contribution in [2.75, 3.05) is 26.2 Å². The van der Waals surface area contributed by atoms with Gasteiger partial charge in [0.2, 0.25) is 5.91 Å². The van der Waals surface area contributed by atoms with Crippen molar-refractivity contribution >= 4 is 17.8 Å². The normalized spacial score (nSPS) is 16.0. The van der Waals surface area contributed by atoms with Crippen molar-refractivity contribution in [3.8, 4) is 0 Å². The molecule has 27 heavy (non-hydrogen) atoms. The molecule has 2 rings (SSSR count). The number of benzene rings is 1. The molecular weight excluding hydrogens is 361 g/mol. The fourth-order valence-electron chi connectivity index (χ4n) is 2.65. The standard InChI is InChI=1S/C17H23F3N6O/c1-12(21)24-26(22)11-14-10-15(17(18,19)20)4-2-13(14)3-5-16(27)25-8-6-23-7-9-25/h2-5,10,23H,6-9,11,22H2,1H3,(H2,21,24)/b5-3+. The number of amidine groups is 1. The molecule has 1 fully saturated rings. The first-order valence-electron chi connectivity index (χ1n) is 8.37. The number of halogens is 3. The summed E-state index contributed by atoms with van der Waals surface area (Å²) in [5.74, 6) is 5.67. The molecule has 0 aliphatic carbocycles. The number of nitrogens with zero attached hydrogens (tertiary/aromatic N) is 3. The number of nitrogens with one attached hydrogen (secondary N) is 1. The van der Waals surface area contributed by atoms with Gasteiger partial charge >= 0.3 is 6.18 Å². The first kappa shape index (κ1) is 20.7. The summed E-state index contributed by atoms with van der Waals surface area (Å²) in [5.41, 5.74) is 5.37. The van der Waals surface area contributed by atoms with Gasteiger partial charge in [-0.05, 0) is 36.3 Å². The third kappa shape index (κ3) is 6.26. The van der Waals surface area contributed by atoms with Gasteiger partial charge in [0.25, 0.3) is 0 Å². The second kappa shape index (κ2) is 8.87. The number of piperazine rings is 1. The van der Waals surface area contributed by atoms with Crippen molar-refractivity contribution in [2.24, 2.45) is 16.7 Å². The minimum absolute atomic E-state index is 0.0973. The Morgan fingerprint density at radius 2 is 2.04 bits per heavy atom. The molecule has 1 amide bonds. The van der Waals surface area contributed by atoms with E-state index in [0.717, 1.165) is 17.3 Å². The number of nitrogens with two attached hydrogens (primary N) is 2. The molecule has 0 saturated carbocycles. The Kier molecular flexibility index (Phi) is 6.81. The van der Waals surface area contributed by atoms with E-state index in [1.807, 2.05) is 0 Å². The number of amides is 1. The van der Waals surface area contributed by atoms with Gasteiger partial charge in [-0.1, -0.05) is 6.07 Å². The Hall–Kier alpha value is -2.59. The number of hydrazone groups is 1. The molecule has 1 saturated heterocycles. The van der Waals surface area contributed by atoms with Crippen LogP contribution in [0.4, 0.5) is 13.2 Å². The molecule has 1 aliphatic rings. The smallest absolute Gasteiger partial charge is 0.386 e. The van der Waals surface area contributed by atoms with Crippen LogP contribution < -0.4 is 16.9 Å². The van der Waals surface area contributed by atoms with Gasteiger partial charge in [-0.2, -0.15) is 13.2 Å². The molecular formula is C17H23F3N6O. The predicted octanol–water partition coefficient (Wildman–Crippen LogP) is 1.12. The van der Waals surface area contributed by atoms with E-state index in [9.17, 15) is 18.0 Å². The minimum atomic E-state index is -4.49. The molecule has 0 aromatic heterocycles. The van der Waals surface area contributed by atoms with E-state index in [0.29, 0.717) is 31.7 Å². The molecule has 0 unspecified atom stereocenters. The highest BCUT2D eigenvalue weighted by Crippen LogP contribution is 2.31. The van der Waals surface area contributed by atoms with Crippen LogP contribution in [0.15, 0.2) is 29.4 Å². The Balaban J connectivity index is 2.26. The number of carbonyl (C=O) groups is 1. The molecule has 0 atom stereocenters. The summed E-state index contributed by atoms with van der Waals surface area (Å²) in [7, 11) is 0. The summed E-state index contributed by atoms with van der Waals surface area (Å²) in [5, 5.41) is 7.89. The van der Waals surface area contributed by atoms with Crippen LogP contribution in [0, 0.1) is 0 Å². The average Bonchev–Trinajstić information content (AvgIpc) is 2.59. The van der Waals surface area contributed by atoms with Gasteiger partial charge in [0.15, 0.2) is 0 Å². The fraction of sp³-hybridized carbons (Fsp3) is 0.412. The Morgan fingerprint density at radius 3 is 2.63 bits per heavy atom. The highest BCUT2D eigenvalue weighted by molar-refractivity contribution is 5.92. The van der Waals surface area contributed by atoms with E-state index in [2.05, 4.69) is 10.4 Å². The van der Waals surface area contributed by atoms with Gasteiger partial charge in [0.1, 0.15) is 5.84 Å². The maximum Gasteiger partial charge on any atom is 0.416 e. The number of rotatable bonds is 5. The number of carbonyl (C=O) groups excluding carboxylic acids is 1. The zero-order valence-electron chi connectivity index (χ0n) is 15.0. The maximum atomic E-state index is 13.0. The summed E-state index contributed by atoms with van der Waals surface area (Å²) in [6.07, 6.45) is -1.64. The van der Waals surface area contributed by atoms with Crippen molar-refractivity contribution in [2.45, 2.75) is 19.6 Å². The van der Waals surface area contributed by atoms with E-state index >= 15 is 0 Å². The van der Waals surface area contributed by atoms with Crippen LogP contribution in [0.2, 0.25) is 0 Å². The minimum Gasteiger partial charge on any atom is -0.386 e. The van der Waals surface area contributed by atoms with Crippen LogP contribution in [0.1, 0.15) is 23.6 Å². The number of alkyl halides is 3. The third-order valence-electron chi connectivity index (χ3n) is 3.92. The Labute approximate surface area is 155 Å². The van der Waals surface area contributed by atoms with Crippen molar-refractivity contribution in [3.05, 3.63) is 41.0 Å². The predicted molar refractivity (Wildman–Crippen MR) is 97.0 cm³/mol. The van der Waals surface area contributed by atoms with Gasteiger partial charge in [-0.25, -0.2) is 11.0 Å². The fourth-order valence-corrected chi connectivity index (χ4v) is 2.65. The van der Waals surface area contributed by atoms with Crippen LogP contribution in [-0.4, -0.2) is 47.9 Å². The highest BCUT2D eigenvalue weighted by atomic mass is 19.4. The lowest BCUT2D eigenvalue weighted by Crippen LogP contribution is -2.45. The number of hydrogen-bond acceptors (Lipinski definition) is 5. The van der Waals surface area contributed by atoms with Crippen molar-refractivity contribution in [1.29, 1.82) is 0 Å². The van der Waals surface area contributed by atoms with Gasteiger partial charge in [0.05, 0.1) is 12.1 Å². The van der Waals surface area contributed by atoms with Crippen LogP contribution in [0.25, 0.3) is 6.08 Å². The highest BCUT2D eigenvalue weighted by Gasteiger charge is 2.31. The second-order valence-corrected chi connectivity index (χ2v) is 6.16. The lowest BCUT2D eigenvalue weighted by molar-refractivity contribution is -0.137.